The molecule has 2 aliphatic heterocycles. The molecule has 156 valence electrons. The third-order valence-corrected chi connectivity index (χ3v) is 5.65. The third kappa shape index (κ3) is 4.45. The van der Waals surface area contributed by atoms with Gasteiger partial charge in [-0.1, -0.05) is 42.5 Å². The number of hydrogen-bond donors (Lipinski definition) is 2. The van der Waals surface area contributed by atoms with Gasteiger partial charge in [0, 0.05) is 38.8 Å². The number of fused-ring (bicyclic) bond motifs is 1. The number of carbonyl (C=O) groups is 2. The summed E-state index contributed by atoms with van der Waals surface area (Å²) in [6, 6.07) is 17.9. The summed E-state index contributed by atoms with van der Waals surface area (Å²) >= 11 is 0. The van der Waals surface area contributed by atoms with Gasteiger partial charge in [-0.25, -0.2) is 0 Å². The Hall–Kier alpha value is -3.35. The second-order valence-corrected chi connectivity index (χ2v) is 7.65. The molecular formula is C23H27N5O2. The lowest BCUT2D eigenvalue weighted by atomic mass is 10.00. The van der Waals surface area contributed by atoms with Crippen LogP contribution in [0.5, 0.6) is 0 Å². The predicted octanol–water partition coefficient (Wildman–Crippen LogP) is 1.54. The second-order valence-electron chi connectivity index (χ2n) is 7.65. The molecule has 0 radical (unpaired) electrons. The summed E-state index contributed by atoms with van der Waals surface area (Å²) in [5.41, 5.74) is 3.43. The monoisotopic (exact) mass is 405 g/mol. The van der Waals surface area contributed by atoms with Crippen molar-refractivity contribution in [2.75, 3.05) is 31.6 Å². The molecule has 7 heteroatoms. The quantitative estimate of drug-likeness (QED) is 0.598. The molecule has 4 rings (SSSR count). The normalized spacial score (nSPS) is 18.9. The molecule has 1 fully saturated rings. The number of benzene rings is 2. The molecule has 1 saturated heterocycles. The molecule has 0 spiro atoms. The van der Waals surface area contributed by atoms with Gasteiger partial charge in [-0.2, -0.15) is 0 Å². The molecule has 0 bridgehead atoms. The minimum Gasteiger partial charge on any atom is -0.351 e. The molecule has 0 aliphatic carbocycles. The Morgan fingerprint density at radius 2 is 1.83 bits per heavy atom. The summed E-state index contributed by atoms with van der Waals surface area (Å²) in [7, 11) is 1.67. The van der Waals surface area contributed by atoms with E-state index in [4.69, 9.17) is 0 Å². The average molecular weight is 406 g/mol. The minimum atomic E-state index is -0.0547. The number of amides is 2. The number of carbonyl (C=O) groups excluding carboxylic acids is 2. The van der Waals surface area contributed by atoms with E-state index in [1.54, 1.807) is 11.9 Å². The highest BCUT2D eigenvalue weighted by atomic mass is 16.2. The van der Waals surface area contributed by atoms with E-state index in [2.05, 4.69) is 27.8 Å². The molecule has 0 saturated carbocycles. The van der Waals surface area contributed by atoms with Crippen molar-refractivity contribution in [2.24, 2.45) is 4.99 Å². The fourth-order valence-corrected chi connectivity index (χ4v) is 4.03. The molecule has 2 aromatic rings. The van der Waals surface area contributed by atoms with E-state index in [9.17, 15) is 9.59 Å². The van der Waals surface area contributed by atoms with E-state index in [1.807, 2.05) is 47.4 Å². The minimum absolute atomic E-state index is 0.0425. The Morgan fingerprint density at radius 3 is 2.60 bits per heavy atom. The van der Waals surface area contributed by atoms with Crippen LogP contribution in [0.25, 0.3) is 0 Å². The van der Waals surface area contributed by atoms with Gasteiger partial charge in [0.25, 0.3) is 0 Å². The van der Waals surface area contributed by atoms with Gasteiger partial charge in [0.2, 0.25) is 11.8 Å². The van der Waals surface area contributed by atoms with Crippen molar-refractivity contribution in [3.63, 3.8) is 0 Å². The zero-order valence-electron chi connectivity index (χ0n) is 17.2. The first-order valence-electron chi connectivity index (χ1n) is 10.3. The first kappa shape index (κ1) is 19.9. The molecule has 2 amide bonds. The number of anilines is 1. The lowest BCUT2D eigenvalue weighted by molar-refractivity contribution is -0.130. The Bertz CT molecular complexity index is 944. The Morgan fingerprint density at radius 1 is 1.10 bits per heavy atom. The number of guanidine groups is 1. The molecule has 2 aliphatic rings. The van der Waals surface area contributed by atoms with Crippen LogP contribution in [0.15, 0.2) is 59.6 Å². The van der Waals surface area contributed by atoms with Crippen molar-refractivity contribution in [1.82, 2.24) is 15.5 Å². The van der Waals surface area contributed by atoms with Gasteiger partial charge in [-0.3, -0.25) is 14.6 Å². The van der Waals surface area contributed by atoms with Gasteiger partial charge in [0.05, 0.1) is 12.6 Å². The first-order chi connectivity index (χ1) is 14.6. The van der Waals surface area contributed by atoms with Crippen LogP contribution in [0, 0.1) is 0 Å². The number of aliphatic imine (C=N–C) groups is 1. The van der Waals surface area contributed by atoms with Crippen LogP contribution >= 0.6 is 0 Å². The van der Waals surface area contributed by atoms with Crippen LogP contribution in [0.2, 0.25) is 0 Å². The van der Waals surface area contributed by atoms with Gasteiger partial charge >= 0.3 is 0 Å². The van der Waals surface area contributed by atoms with Crippen molar-refractivity contribution < 1.29 is 9.59 Å². The second kappa shape index (κ2) is 8.98. The molecule has 2 heterocycles. The van der Waals surface area contributed by atoms with E-state index in [0.717, 1.165) is 18.7 Å². The van der Waals surface area contributed by atoms with E-state index < -0.39 is 0 Å². The van der Waals surface area contributed by atoms with Crippen LogP contribution in [-0.2, 0) is 22.6 Å². The molecular weight excluding hydrogens is 378 g/mol. The maximum Gasteiger partial charge on any atom is 0.242 e. The molecule has 2 aromatic carbocycles. The maximum atomic E-state index is 12.7. The Labute approximate surface area is 176 Å². The largest absolute Gasteiger partial charge is 0.351 e. The van der Waals surface area contributed by atoms with E-state index in [0.29, 0.717) is 25.5 Å². The number of nitrogens with one attached hydrogen (secondary N) is 2. The van der Waals surface area contributed by atoms with Crippen LogP contribution in [-0.4, -0.2) is 55.4 Å². The molecule has 1 unspecified atom stereocenters. The lowest BCUT2D eigenvalue weighted by Crippen LogP contribution is -2.48. The van der Waals surface area contributed by atoms with E-state index in [1.165, 1.54) is 11.1 Å². The van der Waals surface area contributed by atoms with Crippen LogP contribution < -0.4 is 15.5 Å². The molecule has 0 aromatic heterocycles. The third-order valence-electron chi connectivity index (χ3n) is 5.65. The van der Waals surface area contributed by atoms with E-state index >= 15 is 0 Å². The van der Waals surface area contributed by atoms with Gasteiger partial charge in [0.15, 0.2) is 5.96 Å². The average Bonchev–Trinajstić information content (AvgIpc) is 3.16. The van der Waals surface area contributed by atoms with Crippen molar-refractivity contribution >= 4 is 23.5 Å². The summed E-state index contributed by atoms with van der Waals surface area (Å²) in [5, 5.41) is 6.38. The summed E-state index contributed by atoms with van der Waals surface area (Å²) in [4.78, 5) is 32.9. The standard InChI is InChI=1S/C23H27N5O2/c1-24-23(26-19-13-21(29)28(16-19)20-9-3-2-4-10-20)25-14-22(30)27-12-11-17-7-5-6-8-18(17)15-27/h2-10,19H,11-16H2,1H3,(H2,24,25,26). The zero-order valence-corrected chi connectivity index (χ0v) is 17.2. The smallest absolute Gasteiger partial charge is 0.242 e. The van der Waals surface area contributed by atoms with Gasteiger partial charge in [-0.15, -0.1) is 0 Å². The van der Waals surface area contributed by atoms with Crippen LogP contribution in [0.3, 0.4) is 0 Å². The van der Waals surface area contributed by atoms with Gasteiger partial charge < -0.3 is 20.4 Å². The van der Waals surface area contributed by atoms with Crippen molar-refractivity contribution in [2.45, 2.75) is 25.4 Å². The zero-order chi connectivity index (χ0) is 20.9. The van der Waals surface area contributed by atoms with Crippen LogP contribution in [0.4, 0.5) is 5.69 Å². The summed E-state index contributed by atoms with van der Waals surface area (Å²) in [5.74, 6) is 0.659. The fraction of sp³-hybridized carbons (Fsp3) is 0.348. The van der Waals surface area contributed by atoms with Crippen molar-refractivity contribution in [3.05, 3.63) is 65.7 Å². The molecule has 1 atom stereocenters. The number of para-hydroxylation sites is 1. The highest BCUT2D eigenvalue weighted by molar-refractivity contribution is 5.97. The van der Waals surface area contributed by atoms with Crippen molar-refractivity contribution in [1.29, 1.82) is 0 Å². The van der Waals surface area contributed by atoms with Gasteiger partial charge in [-0.05, 0) is 29.7 Å². The molecule has 2 N–H and O–H groups in total. The van der Waals surface area contributed by atoms with Gasteiger partial charge in [0.1, 0.15) is 0 Å². The van der Waals surface area contributed by atoms with E-state index in [-0.39, 0.29) is 24.4 Å². The highest BCUT2D eigenvalue weighted by Gasteiger charge is 2.31. The summed E-state index contributed by atoms with van der Waals surface area (Å²) in [6.07, 6.45) is 1.28. The number of nitrogens with zero attached hydrogens (tertiary/aromatic N) is 3. The Kier molecular flexibility index (Phi) is 5.97. The summed E-state index contributed by atoms with van der Waals surface area (Å²) in [6.45, 7) is 2.11. The van der Waals surface area contributed by atoms with Crippen molar-refractivity contribution in [3.8, 4) is 0 Å². The molecule has 30 heavy (non-hydrogen) atoms. The SMILES string of the molecule is CN=C(NCC(=O)N1CCc2ccccc2C1)NC1CC(=O)N(c2ccccc2)C1. The lowest BCUT2D eigenvalue weighted by Gasteiger charge is -2.29. The van der Waals surface area contributed by atoms with Crippen LogP contribution in [0.1, 0.15) is 17.5 Å². The highest BCUT2D eigenvalue weighted by Crippen LogP contribution is 2.21. The fourth-order valence-electron chi connectivity index (χ4n) is 4.03. The topological polar surface area (TPSA) is 77.0 Å². The molecule has 7 nitrogen and oxygen atoms in total. The Balaban J connectivity index is 1.28. The number of hydrogen-bond acceptors (Lipinski definition) is 3. The number of rotatable bonds is 4. The predicted molar refractivity (Wildman–Crippen MR) is 117 cm³/mol. The summed E-state index contributed by atoms with van der Waals surface area (Å²) < 4.78 is 0. The first-order valence-corrected chi connectivity index (χ1v) is 10.3. The maximum absolute atomic E-state index is 12.7.